The number of benzene rings is 1. The van der Waals surface area contributed by atoms with Crippen molar-refractivity contribution < 1.29 is 18.0 Å². The maximum atomic E-state index is 10.8. The van der Waals surface area contributed by atoms with E-state index in [9.17, 15) is 9.12 Å². The number of hydrogen-bond acceptors (Lipinski definition) is 3. The van der Waals surface area contributed by atoms with Crippen molar-refractivity contribution in [3.05, 3.63) is 35.2 Å². The summed E-state index contributed by atoms with van der Waals surface area (Å²) in [5.41, 5.74) is 0.167. The third-order valence-electron chi connectivity index (χ3n) is 1.10. The van der Waals surface area contributed by atoms with Crippen LogP contribution in [0.15, 0.2) is 30.3 Å². The van der Waals surface area contributed by atoms with Crippen LogP contribution in [0.5, 0.6) is 0 Å². The van der Waals surface area contributed by atoms with Crippen molar-refractivity contribution in [2.45, 2.75) is 0 Å². The highest BCUT2D eigenvalue weighted by molar-refractivity contribution is 7.74. The van der Waals surface area contributed by atoms with E-state index in [-0.39, 0.29) is 10.6 Å². The summed E-state index contributed by atoms with van der Waals surface area (Å²) in [5.74, 6) is 0. The van der Waals surface area contributed by atoms with Crippen LogP contribution in [0, 0.1) is 4.91 Å². The van der Waals surface area contributed by atoms with Gasteiger partial charge in [-0.15, -0.1) is 0 Å². The van der Waals surface area contributed by atoms with Crippen molar-refractivity contribution in [1.29, 1.82) is 0 Å². The molecule has 1 rings (SSSR count). The second kappa shape index (κ2) is 3.93. The number of hydrogen-bond donors (Lipinski definition) is 1. The first-order valence-corrected chi connectivity index (χ1v) is 4.05. The van der Waals surface area contributed by atoms with E-state index in [2.05, 4.69) is 4.28 Å². The molecule has 0 aliphatic carbocycles. The quantitative estimate of drug-likeness (QED) is 0.571. The van der Waals surface area contributed by atoms with Crippen molar-refractivity contribution in [2.75, 3.05) is 0 Å². The van der Waals surface area contributed by atoms with Gasteiger partial charge in [0.15, 0.2) is 0 Å². The summed E-state index contributed by atoms with van der Waals surface area (Å²) in [7, 11) is 0. The lowest BCUT2D eigenvalue weighted by atomic mass is 10.3. The predicted octanol–water partition coefficient (Wildman–Crippen LogP) is 1.17. The molecule has 0 saturated heterocycles. The van der Waals surface area contributed by atoms with Gasteiger partial charge in [-0.3, -0.25) is 4.55 Å². The summed E-state index contributed by atoms with van der Waals surface area (Å²) in [4.78, 5) is 10.8. The highest BCUT2D eigenvalue weighted by atomic mass is 32.2. The Bertz CT molecular complexity index is 300. The third kappa shape index (κ3) is 2.40. The van der Waals surface area contributed by atoms with Gasteiger partial charge in [-0.25, -0.2) is 0 Å². The predicted molar refractivity (Wildman–Crippen MR) is 41.6 cm³/mol. The first-order chi connectivity index (χ1) is 5.70. The molecule has 5 nitrogen and oxygen atoms in total. The molecule has 0 aliphatic heterocycles. The van der Waals surface area contributed by atoms with E-state index >= 15 is 0 Å². The smallest absolute Gasteiger partial charge is 0.270 e. The summed E-state index contributed by atoms with van der Waals surface area (Å²) in [6.07, 6.45) is 0. The van der Waals surface area contributed by atoms with Crippen LogP contribution in [-0.2, 0) is 15.6 Å². The second-order valence-corrected chi connectivity index (χ2v) is 2.47. The highest BCUT2D eigenvalue weighted by Gasteiger charge is 2.18. The lowest BCUT2D eigenvalue weighted by Gasteiger charge is -1.85. The Labute approximate surface area is 71.0 Å². The molecule has 1 aromatic carbocycles. The van der Waals surface area contributed by atoms with Crippen LogP contribution in [-0.4, -0.2) is 13.7 Å². The van der Waals surface area contributed by atoms with Crippen molar-refractivity contribution >= 4 is 17.0 Å². The first kappa shape index (κ1) is 8.82. The Kier molecular flexibility index (Phi) is 2.89. The second-order valence-electron chi connectivity index (χ2n) is 1.88. The zero-order chi connectivity index (χ0) is 8.97. The van der Waals surface area contributed by atoms with E-state index in [1.54, 1.807) is 18.2 Å². The molecule has 0 saturated carbocycles. The minimum absolute atomic E-state index is 0.0177. The SMILES string of the molecule is O=[N+](OS(=O)O)c1ccccc1. The molecule has 1 N–H and O–H groups in total. The Morgan fingerprint density at radius 2 is 1.92 bits per heavy atom. The molecule has 12 heavy (non-hydrogen) atoms. The van der Waals surface area contributed by atoms with Gasteiger partial charge < -0.3 is 0 Å². The molecular formula is C6H6NO4S+. The van der Waals surface area contributed by atoms with Crippen LogP contribution in [0.25, 0.3) is 0 Å². The van der Waals surface area contributed by atoms with Crippen LogP contribution in [0.4, 0.5) is 5.69 Å². The Balaban J connectivity index is 2.73. The lowest BCUT2D eigenvalue weighted by molar-refractivity contribution is -0.698. The fourth-order valence-corrected chi connectivity index (χ4v) is 0.853. The van der Waals surface area contributed by atoms with Gasteiger partial charge in [-0.05, 0) is 0 Å². The van der Waals surface area contributed by atoms with E-state index < -0.39 is 11.4 Å². The average Bonchev–Trinajstić information content (AvgIpc) is 2.05. The number of para-hydroxylation sites is 1. The maximum absolute atomic E-state index is 10.8. The molecular weight excluding hydrogens is 182 g/mol. The molecule has 0 aliphatic rings. The molecule has 1 atom stereocenters. The van der Waals surface area contributed by atoms with Gasteiger partial charge in [0, 0.05) is 12.1 Å². The van der Waals surface area contributed by atoms with Crippen LogP contribution in [0.2, 0.25) is 0 Å². The van der Waals surface area contributed by atoms with Gasteiger partial charge in [0.25, 0.3) is 4.92 Å². The fraction of sp³-hybridized carbons (Fsp3) is 0. The molecule has 64 valence electrons. The van der Waals surface area contributed by atoms with E-state index in [0.29, 0.717) is 0 Å². The zero-order valence-corrected chi connectivity index (χ0v) is 6.73. The molecule has 1 aromatic rings. The van der Waals surface area contributed by atoms with Gasteiger partial charge >= 0.3 is 17.0 Å². The van der Waals surface area contributed by atoms with Crippen molar-refractivity contribution in [3.63, 3.8) is 0 Å². The van der Waals surface area contributed by atoms with Gasteiger partial charge in [-0.1, -0.05) is 22.5 Å². The summed E-state index contributed by atoms with van der Waals surface area (Å²) in [6, 6.07) is 7.86. The Morgan fingerprint density at radius 3 is 2.42 bits per heavy atom. The molecule has 0 fully saturated rings. The first-order valence-electron chi connectivity index (χ1n) is 3.02. The van der Waals surface area contributed by atoms with Gasteiger partial charge in [-0.2, -0.15) is 4.21 Å². The monoisotopic (exact) mass is 188 g/mol. The average molecular weight is 188 g/mol. The van der Waals surface area contributed by atoms with Gasteiger partial charge in [0.1, 0.15) is 0 Å². The van der Waals surface area contributed by atoms with E-state index in [1.807, 2.05) is 0 Å². The third-order valence-corrected chi connectivity index (χ3v) is 1.36. The summed E-state index contributed by atoms with van der Waals surface area (Å²) in [6.45, 7) is 0. The summed E-state index contributed by atoms with van der Waals surface area (Å²) in [5, 5.41) is 0. The summed E-state index contributed by atoms with van der Waals surface area (Å²) >= 11 is -2.58. The summed E-state index contributed by atoms with van der Waals surface area (Å²) < 4.78 is 22.2. The molecule has 0 radical (unpaired) electrons. The van der Waals surface area contributed by atoms with Crippen LogP contribution >= 0.6 is 0 Å². The standard InChI is InChI=1S/C6H5NO4S/c8-7(11-12(9)10)6-4-2-1-3-5-6/h1-5H/p+1. The fourth-order valence-electron chi connectivity index (χ4n) is 0.651. The normalized spacial score (nSPS) is 12.1. The van der Waals surface area contributed by atoms with E-state index in [0.717, 1.165) is 0 Å². The largest absolute Gasteiger partial charge is 0.427 e. The number of rotatable bonds is 3. The molecule has 0 bridgehead atoms. The van der Waals surface area contributed by atoms with Gasteiger partial charge in [0.05, 0.1) is 4.91 Å². The molecule has 1 unspecified atom stereocenters. The van der Waals surface area contributed by atoms with Crippen LogP contribution < -0.4 is 0 Å². The van der Waals surface area contributed by atoms with E-state index in [1.165, 1.54) is 12.1 Å². The molecule has 6 heteroatoms. The van der Waals surface area contributed by atoms with Crippen molar-refractivity contribution in [2.24, 2.45) is 0 Å². The Hall–Kier alpha value is -1.27. The number of nitrogens with zero attached hydrogens (tertiary/aromatic N) is 1. The zero-order valence-electron chi connectivity index (χ0n) is 5.91. The van der Waals surface area contributed by atoms with Crippen LogP contribution in [0.3, 0.4) is 0 Å². The molecule has 0 heterocycles. The van der Waals surface area contributed by atoms with Gasteiger partial charge in [0.2, 0.25) is 0 Å². The highest BCUT2D eigenvalue weighted by Crippen LogP contribution is 2.09. The van der Waals surface area contributed by atoms with Crippen LogP contribution in [0.1, 0.15) is 0 Å². The Morgan fingerprint density at radius 1 is 1.33 bits per heavy atom. The molecule has 0 spiro atoms. The van der Waals surface area contributed by atoms with E-state index in [4.69, 9.17) is 4.55 Å². The molecule has 0 aromatic heterocycles. The topological polar surface area (TPSA) is 66.6 Å². The van der Waals surface area contributed by atoms with Crippen molar-refractivity contribution in [3.8, 4) is 0 Å². The maximum Gasteiger partial charge on any atom is 0.427 e. The lowest BCUT2D eigenvalue weighted by Crippen LogP contribution is -2.04. The minimum Gasteiger partial charge on any atom is -0.270 e. The van der Waals surface area contributed by atoms with Crippen molar-refractivity contribution in [1.82, 2.24) is 0 Å². The minimum atomic E-state index is -2.58. The molecule has 0 amide bonds.